The minimum absolute atomic E-state index is 0.199. The Bertz CT molecular complexity index is 741. The van der Waals surface area contributed by atoms with Crippen LogP contribution in [0.3, 0.4) is 0 Å². The van der Waals surface area contributed by atoms with Crippen molar-refractivity contribution in [2.24, 2.45) is 5.92 Å². The topological polar surface area (TPSA) is 65.1 Å². The molecular weight excluding hydrogens is 382 g/mol. The fourth-order valence-corrected chi connectivity index (χ4v) is 3.78. The van der Waals surface area contributed by atoms with Crippen LogP contribution in [0.5, 0.6) is 0 Å². The first-order valence-electron chi connectivity index (χ1n) is 10.7. The number of amides is 1. The van der Waals surface area contributed by atoms with E-state index in [4.69, 9.17) is 14.2 Å². The molecule has 1 aromatic rings. The van der Waals surface area contributed by atoms with Gasteiger partial charge in [0.1, 0.15) is 12.3 Å². The van der Waals surface area contributed by atoms with E-state index in [2.05, 4.69) is 13.8 Å². The van der Waals surface area contributed by atoms with Gasteiger partial charge in [0.25, 0.3) is 0 Å². The summed E-state index contributed by atoms with van der Waals surface area (Å²) in [6, 6.07) is 9.35. The van der Waals surface area contributed by atoms with Gasteiger partial charge in [0.15, 0.2) is 0 Å². The predicted octanol–water partition coefficient (Wildman–Crippen LogP) is 5.07. The van der Waals surface area contributed by atoms with Gasteiger partial charge >= 0.3 is 12.1 Å². The summed E-state index contributed by atoms with van der Waals surface area (Å²) >= 11 is 0. The van der Waals surface area contributed by atoms with E-state index in [0.717, 1.165) is 12.0 Å². The Balaban J connectivity index is 2.26. The molecule has 1 aliphatic rings. The molecule has 0 unspecified atom stereocenters. The van der Waals surface area contributed by atoms with Crippen LogP contribution in [0.2, 0.25) is 0 Å². The Labute approximate surface area is 180 Å². The van der Waals surface area contributed by atoms with Crippen molar-refractivity contribution in [3.8, 4) is 0 Å². The van der Waals surface area contributed by atoms with E-state index in [9.17, 15) is 9.59 Å². The minimum atomic E-state index is -0.859. The third kappa shape index (κ3) is 6.08. The molecule has 2 rings (SSSR count). The molecule has 0 saturated carbocycles. The molecule has 1 aliphatic heterocycles. The van der Waals surface area contributed by atoms with Gasteiger partial charge in [0, 0.05) is 5.57 Å². The first-order chi connectivity index (χ1) is 14.2. The van der Waals surface area contributed by atoms with Crippen molar-refractivity contribution in [2.45, 2.75) is 78.9 Å². The number of carbonyl (C=O) groups excluding carboxylic acids is 2. The van der Waals surface area contributed by atoms with E-state index in [1.165, 1.54) is 0 Å². The SMILES string of the molecule is CCOC(=O)C(=C[C@@H]1OC(C)(C)N(C(=O)OCc2ccccc2)[C@H]1CC(C)C)CC. The molecule has 1 fully saturated rings. The van der Waals surface area contributed by atoms with Gasteiger partial charge in [-0.25, -0.2) is 9.59 Å². The highest BCUT2D eigenvalue weighted by molar-refractivity contribution is 5.88. The van der Waals surface area contributed by atoms with Crippen molar-refractivity contribution in [3.63, 3.8) is 0 Å². The van der Waals surface area contributed by atoms with Crippen molar-refractivity contribution in [2.75, 3.05) is 6.61 Å². The maximum atomic E-state index is 13.1. The molecule has 0 bridgehead atoms. The van der Waals surface area contributed by atoms with Crippen molar-refractivity contribution >= 4 is 12.1 Å². The number of hydrogen-bond donors (Lipinski definition) is 0. The Morgan fingerprint density at radius 1 is 1.17 bits per heavy atom. The Morgan fingerprint density at radius 3 is 2.40 bits per heavy atom. The lowest BCUT2D eigenvalue weighted by atomic mass is 9.96. The second kappa shape index (κ2) is 10.6. The summed E-state index contributed by atoms with van der Waals surface area (Å²) < 4.78 is 17.0. The van der Waals surface area contributed by atoms with Crippen LogP contribution in [0, 0.1) is 5.92 Å². The maximum Gasteiger partial charge on any atom is 0.412 e. The monoisotopic (exact) mass is 417 g/mol. The molecule has 166 valence electrons. The molecule has 0 spiro atoms. The first kappa shape index (κ1) is 23.9. The number of hydrogen-bond acceptors (Lipinski definition) is 5. The molecule has 0 aromatic heterocycles. The lowest BCUT2D eigenvalue weighted by molar-refractivity contribution is -0.138. The Hall–Kier alpha value is -2.34. The van der Waals surface area contributed by atoms with Gasteiger partial charge in [-0.15, -0.1) is 0 Å². The van der Waals surface area contributed by atoms with Crippen molar-refractivity contribution in [1.82, 2.24) is 4.90 Å². The zero-order valence-electron chi connectivity index (χ0n) is 19.0. The third-order valence-electron chi connectivity index (χ3n) is 5.11. The van der Waals surface area contributed by atoms with E-state index >= 15 is 0 Å². The summed E-state index contributed by atoms with van der Waals surface area (Å²) in [6.07, 6.45) is 2.25. The summed E-state index contributed by atoms with van der Waals surface area (Å²) in [6.45, 7) is 12.1. The molecule has 1 aromatic carbocycles. The smallest absolute Gasteiger partial charge is 0.412 e. The zero-order valence-corrected chi connectivity index (χ0v) is 19.0. The second-order valence-electron chi connectivity index (χ2n) is 8.40. The molecule has 1 amide bonds. The van der Waals surface area contributed by atoms with Crippen molar-refractivity contribution in [1.29, 1.82) is 0 Å². The van der Waals surface area contributed by atoms with Gasteiger partial charge in [0.05, 0.1) is 18.8 Å². The van der Waals surface area contributed by atoms with E-state index in [1.807, 2.05) is 57.2 Å². The van der Waals surface area contributed by atoms with Gasteiger partial charge in [-0.05, 0) is 51.2 Å². The summed E-state index contributed by atoms with van der Waals surface area (Å²) in [7, 11) is 0. The summed E-state index contributed by atoms with van der Waals surface area (Å²) in [5.41, 5.74) is 0.629. The Kier molecular flexibility index (Phi) is 8.47. The predicted molar refractivity (Wildman–Crippen MR) is 116 cm³/mol. The van der Waals surface area contributed by atoms with Gasteiger partial charge in [-0.2, -0.15) is 0 Å². The second-order valence-corrected chi connectivity index (χ2v) is 8.40. The van der Waals surface area contributed by atoms with Crippen LogP contribution in [-0.2, 0) is 25.6 Å². The maximum absolute atomic E-state index is 13.1. The largest absolute Gasteiger partial charge is 0.463 e. The molecule has 0 radical (unpaired) electrons. The summed E-state index contributed by atoms with van der Waals surface area (Å²) in [5.74, 6) is -0.00435. The van der Waals surface area contributed by atoms with Crippen molar-refractivity contribution < 1.29 is 23.8 Å². The van der Waals surface area contributed by atoms with Crippen LogP contribution in [0.25, 0.3) is 0 Å². The van der Waals surface area contributed by atoms with Crippen LogP contribution in [0.15, 0.2) is 42.0 Å². The lowest BCUT2D eigenvalue weighted by Crippen LogP contribution is -2.48. The molecule has 30 heavy (non-hydrogen) atoms. The van der Waals surface area contributed by atoms with E-state index < -0.39 is 17.9 Å². The number of rotatable bonds is 8. The Morgan fingerprint density at radius 2 is 1.83 bits per heavy atom. The van der Waals surface area contributed by atoms with E-state index in [0.29, 0.717) is 24.5 Å². The lowest BCUT2D eigenvalue weighted by Gasteiger charge is -2.33. The molecule has 6 nitrogen and oxygen atoms in total. The highest BCUT2D eigenvalue weighted by atomic mass is 16.6. The van der Waals surface area contributed by atoms with Gasteiger partial charge in [-0.3, -0.25) is 4.90 Å². The van der Waals surface area contributed by atoms with Crippen LogP contribution in [0.4, 0.5) is 4.79 Å². The highest BCUT2D eigenvalue weighted by Crippen LogP contribution is 2.37. The standard InChI is InChI=1S/C24H35NO5/c1-7-19(22(26)28-8-2)15-21-20(14-17(3)4)25(24(5,6)30-21)23(27)29-16-18-12-10-9-11-13-18/h9-13,15,17,20-21H,7-8,14,16H2,1-6H3/t20-,21-/m0/s1. The fraction of sp³-hybridized carbons (Fsp3) is 0.583. The normalized spacial score (nSPS) is 21.0. The van der Waals surface area contributed by atoms with Crippen molar-refractivity contribution in [3.05, 3.63) is 47.5 Å². The summed E-state index contributed by atoms with van der Waals surface area (Å²) in [5, 5.41) is 0. The van der Waals surface area contributed by atoms with Gasteiger partial charge in [-0.1, -0.05) is 51.1 Å². The minimum Gasteiger partial charge on any atom is -0.463 e. The first-order valence-corrected chi connectivity index (χ1v) is 10.7. The van der Waals surface area contributed by atoms with Crippen LogP contribution in [0.1, 0.15) is 59.9 Å². The van der Waals surface area contributed by atoms with Crippen LogP contribution < -0.4 is 0 Å². The number of nitrogens with zero attached hydrogens (tertiary/aromatic N) is 1. The molecule has 6 heteroatoms. The molecular formula is C24H35NO5. The quantitative estimate of drug-likeness (QED) is 0.436. The van der Waals surface area contributed by atoms with E-state index in [1.54, 1.807) is 11.8 Å². The molecule has 0 N–H and O–H groups in total. The molecule has 2 atom stereocenters. The number of esters is 1. The molecule has 1 saturated heterocycles. The van der Waals surface area contributed by atoms with Gasteiger partial charge in [0.2, 0.25) is 0 Å². The average Bonchev–Trinajstić information content (AvgIpc) is 2.93. The highest BCUT2D eigenvalue weighted by Gasteiger charge is 2.50. The van der Waals surface area contributed by atoms with Crippen LogP contribution in [-0.4, -0.2) is 41.4 Å². The molecule has 0 aliphatic carbocycles. The number of carbonyl (C=O) groups is 2. The average molecular weight is 418 g/mol. The van der Waals surface area contributed by atoms with Crippen LogP contribution >= 0.6 is 0 Å². The fourth-order valence-electron chi connectivity index (χ4n) is 3.78. The molecule has 1 heterocycles. The number of ether oxygens (including phenoxy) is 3. The van der Waals surface area contributed by atoms with E-state index in [-0.39, 0.29) is 18.6 Å². The third-order valence-corrected chi connectivity index (χ3v) is 5.11. The summed E-state index contributed by atoms with van der Waals surface area (Å²) in [4.78, 5) is 27.0. The number of benzene rings is 1. The zero-order chi connectivity index (χ0) is 22.3. The van der Waals surface area contributed by atoms with Gasteiger partial charge < -0.3 is 14.2 Å².